The summed E-state index contributed by atoms with van der Waals surface area (Å²) in [5.74, 6) is 0.839. The standard InChI is InChI=1S/C17H24N4S2/c1-5-18-17(21-11-15-10-19-13(3)23-15)20-9-14-7-6-12(2)8-16(14)22-4/h6-8,10H,5,9,11H2,1-4H3,(H2,18,20,21). The van der Waals surface area contributed by atoms with E-state index in [0.717, 1.165) is 24.1 Å². The monoisotopic (exact) mass is 348 g/mol. The number of thioether (sulfide) groups is 1. The Morgan fingerprint density at radius 3 is 2.78 bits per heavy atom. The third kappa shape index (κ3) is 5.55. The van der Waals surface area contributed by atoms with E-state index in [1.54, 1.807) is 23.1 Å². The van der Waals surface area contributed by atoms with Gasteiger partial charge in [-0.25, -0.2) is 9.98 Å². The van der Waals surface area contributed by atoms with Crippen LogP contribution in [0.5, 0.6) is 0 Å². The van der Waals surface area contributed by atoms with Gasteiger partial charge in [-0.1, -0.05) is 12.1 Å². The third-order valence-electron chi connectivity index (χ3n) is 3.29. The number of aliphatic imine (C=N–C) groups is 1. The molecule has 1 aromatic carbocycles. The van der Waals surface area contributed by atoms with E-state index in [9.17, 15) is 0 Å². The molecule has 1 heterocycles. The van der Waals surface area contributed by atoms with E-state index in [2.05, 4.69) is 53.9 Å². The summed E-state index contributed by atoms with van der Waals surface area (Å²) in [7, 11) is 0. The maximum absolute atomic E-state index is 4.71. The van der Waals surface area contributed by atoms with Crippen molar-refractivity contribution in [2.75, 3.05) is 12.8 Å². The minimum absolute atomic E-state index is 0.674. The molecule has 0 radical (unpaired) electrons. The summed E-state index contributed by atoms with van der Waals surface area (Å²) in [4.78, 5) is 11.5. The Morgan fingerprint density at radius 2 is 2.13 bits per heavy atom. The summed E-state index contributed by atoms with van der Waals surface area (Å²) in [6.45, 7) is 8.49. The van der Waals surface area contributed by atoms with Crippen molar-refractivity contribution in [3.05, 3.63) is 45.4 Å². The lowest BCUT2D eigenvalue weighted by atomic mass is 10.1. The molecule has 1 aromatic heterocycles. The first-order valence-corrected chi connectivity index (χ1v) is 9.73. The number of benzene rings is 1. The Kier molecular flexibility index (Phi) is 6.92. The van der Waals surface area contributed by atoms with Gasteiger partial charge in [0.25, 0.3) is 0 Å². The van der Waals surface area contributed by atoms with Crippen LogP contribution in [0.1, 0.15) is 27.9 Å². The number of aryl methyl sites for hydroxylation is 2. The fourth-order valence-corrected chi connectivity index (χ4v) is 3.58. The van der Waals surface area contributed by atoms with Crippen molar-refractivity contribution in [3.8, 4) is 0 Å². The zero-order chi connectivity index (χ0) is 16.7. The second kappa shape index (κ2) is 8.93. The van der Waals surface area contributed by atoms with Crippen molar-refractivity contribution < 1.29 is 0 Å². The average molecular weight is 349 g/mol. The molecule has 2 rings (SSSR count). The average Bonchev–Trinajstić information content (AvgIpc) is 2.96. The number of nitrogens with zero attached hydrogens (tertiary/aromatic N) is 2. The molecule has 0 bridgehead atoms. The van der Waals surface area contributed by atoms with E-state index in [-0.39, 0.29) is 0 Å². The Bertz CT molecular complexity index is 664. The second-order valence-electron chi connectivity index (χ2n) is 5.21. The van der Waals surface area contributed by atoms with Crippen molar-refractivity contribution in [3.63, 3.8) is 0 Å². The van der Waals surface area contributed by atoms with E-state index in [1.807, 2.05) is 13.1 Å². The van der Waals surface area contributed by atoms with Gasteiger partial charge in [-0.3, -0.25) is 0 Å². The summed E-state index contributed by atoms with van der Waals surface area (Å²) in [5, 5.41) is 7.76. The van der Waals surface area contributed by atoms with Crippen LogP contribution in [-0.2, 0) is 13.1 Å². The fraction of sp³-hybridized carbons (Fsp3) is 0.412. The Labute approximate surface area is 146 Å². The second-order valence-corrected chi connectivity index (χ2v) is 7.38. The van der Waals surface area contributed by atoms with Gasteiger partial charge >= 0.3 is 0 Å². The zero-order valence-electron chi connectivity index (χ0n) is 14.1. The molecular weight excluding hydrogens is 324 g/mol. The molecule has 0 aliphatic carbocycles. The number of hydrogen-bond donors (Lipinski definition) is 2. The van der Waals surface area contributed by atoms with Gasteiger partial charge in [-0.15, -0.1) is 23.1 Å². The molecule has 2 N–H and O–H groups in total. The highest BCUT2D eigenvalue weighted by Gasteiger charge is 2.04. The minimum atomic E-state index is 0.674. The molecule has 0 atom stereocenters. The molecule has 6 heteroatoms. The maximum atomic E-state index is 4.71. The SMILES string of the molecule is CCNC(=NCc1ccc(C)cc1SC)NCc1cnc(C)s1. The summed E-state index contributed by atoms with van der Waals surface area (Å²) in [6.07, 6.45) is 4.03. The summed E-state index contributed by atoms with van der Waals surface area (Å²) < 4.78 is 0. The molecule has 2 aromatic rings. The van der Waals surface area contributed by atoms with E-state index >= 15 is 0 Å². The normalized spacial score (nSPS) is 11.6. The van der Waals surface area contributed by atoms with Crippen LogP contribution in [0, 0.1) is 13.8 Å². The maximum Gasteiger partial charge on any atom is 0.191 e. The van der Waals surface area contributed by atoms with E-state index in [4.69, 9.17) is 4.99 Å². The van der Waals surface area contributed by atoms with Crippen molar-refractivity contribution in [2.45, 2.75) is 38.8 Å². The van der Waals surface area contributed by atoms with Crippen LogP contribution in [0.25, 0.3) is 0 Å². The predicted octanol–water partition coefficient (Wildman–Crippen LogP) is 3.74. The Morgan fingerprint density at radius 1 is 1.30 bits per heavy atom. The van der Waals surface area contributed by atoms with Gasteiger partial charge in [0.2, 0.25) is 0 Å². The number of aromatic nitrogens is 1. The van der Waals surface area contributed by atoms with Crippen LogP contribution in [0.15, 0.2) is 34.3 Å². The summed E-state index contributed by atoms with van der Waals surface area (Å²) in [6, 6.07) is 6.53. The van der Waals surface area contributed by atoms with Gasteiger partial charge in [0, 0.05) is 22.5 Å². The van der Waals surface area contributed by atoms with Gasteiger partial charge in [0.05, 0.1) is 18.1 Å². The van der Waals surface area contributed by atoms with Gasteiger partial charge in [0.1, 0.15) is 0 Å². The Hall–Kier alpha value is -1.53. The van der Waals surface area contributed by atoms with E-state index in [0.29, 0.717) is 6.54 Å². The lowest BCUT2D eigenvalue weighted by molar-refractivity contribution is 0.820. The predicted molar refractivity (Wildman–Crippen MR) is 101 cm³/mol. The van der Waals surface area contributed by atoms with E-state index in [1.165, 1.54) is 20.9 Å². The van der Waals surface area contributed by atoms with Gasteiger partial charge in [-0.05, 0) is 44.2 Å². The van der Waals surface area contributed by atoms with Crippen molar-refractivity contribution in [1.29, 1.82) is 0 Å². The largest absolute Gasteiger partial charge is 0.357 e. The summed E-state index contributed by atoms with van der Waals surface area (Å²) >= 11 is 3.48. The van der Waals surface area contributed by atoms with Crippen LogP contribution < -0.4 is 10.6 Å². The zero-order valence-corrected chi connectivity index (χ0v) is 15.8. The number of nitrogens with one attached hydrogen (secondary N) is 2. The number of guanidine groups is 1. The fourth-order valence-electron chi connectivity index (χ4n) is 2.15. The van der Waals surface area contributed by atoms with Crippen LogP contribution in [0.3, 0.4) is 0 Å². The lowest BCUT2D eigenvalue weighted by Gasteiger charge is -2.11. The highest BCUT2D eigenvalue weighted by molar-refractivity contribution is 7.98. The molecular formula is C17H24N4S2. The highest BCUT2D eigenvalue weighted by Crippen LogP contribution is 2.22. The molecule has 0 aliphatic heterocycles. The molecule has 0 saturated carbocycles. The molecule has 0 saturated heterocycles. The number of thiazole rings is 1. The first-order chi connectivity index (χ1) is 11.1. The molecule has 23 heavy (non-hydrogen) atoms. The van der Waals surface area contributed by atoms with Crippen molar-refractivity contribution >= 4 is 29.1 Å². The van der Waals surface area contributed by atoms with Gasteiger partial charge in [0.15, 0.2) is 5.96 Å². The minimum Gasteiger partial charge on any atom is -0.357 e. The molecule has 0 spiro atoms. The van der Waals surface area contributed by atoms with Crippen LogP contribution >= 0.6 is 23.1 Å². The van der Waals surface area contributed by atoms with E-state index < -0.39 is 0 Å². The molecule has 0 amide bonds. The number of hydrogen-bond acceptors (Lipinski definition) is 4. The summed E-state index contributed by atoms with van der Waals surface area (Å²) in [5.41, 5.74) is 2.54. The first kappa shape index (κ1) is 17.8. The van der Waals surface area contributed by atoms with Crippen LogP contribution in [-0.4, -0.2) is 23.7 Å². The molecule has 0 aliphatic rings. The highest BCUT2D eigenvalue weighted by atomic mass is 32.2. The smallest absolute Gasteiger partial charge is 0.191 e. The quantitative estimate of drug-likeness (QED) is 0.474. The molecule has 4 nitrogen and oxygen atoms in total. The third-order valence-corrected chi connectivity index (χ3v) is 5.03. The molecule has 0 unspecified atom stereocenters. The van der Waals surface area contributed by atoms with Crippen LogP contribution in [0.2, 0.25) is 0 Å². The first-order valence-electron chi connectivity index (χ1n) is 7.69. The lowest BCUT2D eigenvalue weighted by Crippen LogP contribution is -2.36. The topological polar surface area (TPSA) is 49.3 Å². The molecule has 0 fully saturated rings. The number of rotatable bonds is 6. The molecule has 124 valence electrons. The van der Waals surface area contributed by atoms with Crippen LogP contribution in [0.4, 0.5) is 0 Å². The van der Waals surface area contributed by atoms with Gasteiger partial charge in [-0.2, -0.15) is 0 Å². The van der Waals surface area contributed by atoms with Crippen molar-refractivity contribution in [2.24, 2.45) is 4.99 Å². The van der Waals surface area contributed by atoms with Crippen molar-refractivity contribution in [1.82, 2.24) is 15.6 Å². The Balaban J connectivity index is 2.03. The van der Waals surface area contributed by atoms with Gasteiger partial charge < -0.3 is 10.6 Å².